The highest BCUT2D eigenvalue weighted by Gasteiger charge is 2.39. The minimum Gasteiger partial charge on any atom is -0.475 e. The third-order valence-electron chi connectivity index (χ3n) is 4.67. The second-order valence-electron chi connectivity index (χ2n) is 7.69. The number of nitrogens with zero attached hydrogens (tertiary/aromatic N) is 3. The van der Waals surface area contributed by atoms with Crippen LogP contribution in [0.5, 0.6) is 0 Å². The molecule has 222 valence electrons. The molecule has 40 heavy (non-hydrogen) atoms. The fourth-order valence-corrected chi connectivity index (χ4v) is 3.49. The van der Waals surface area contributed by atoms with Gasteiger partial charge in [0.25, 0.3) is 0 Å². The third-order valence-corrected chi connectivity index (χ3v) is 5.39. The Morgan fingerprint density at radius 3 is 2.17 bits per heavy atom. The van der Waals surface area contributed by atoms with Crippen molar-refractivity contribution in [2.45, 2.75) is 37.8 Å². The summed E-state index contributed by atoms with van der Waals surface area (Å²) >= 11 is 1.38. The van der Waals surface area contributed by atoms with Crippen molar-refractivity contribution in [3.8, 4) is 0 Å². The molecular weight excluding hydrogens is 578 g/mol. The normalized spacial score (nSPS) is 15.4. The number of pyridine rings is 1. The van der Waals surface area contributed by atoms with E-state index in [4.69, 9.17) is 25.5 Å². The second kappa shape index (κ2) is 15.6. The first kappa shape index (κ1) is 34.0. The van der Waals surface area contributed by atoms with Gasteiger partial charge in [-0.1, -0.05) is 6.07 Å². The number of aliphatic carboxylic acids is 2. The highest BCUT2D eigenvalue weighted by molar-refractivity contribution is 7.13. The first-order chi connectivity index (χ1) is 18.5. The maximum atomic E-state index is 12.3. The molecule has 1 fully saturated rings. The number of carboxylic acid groups (broad SMARTS) is 2. The van der Waals surface area contributed by atoms with Crippen molar-refractivity contribution in [2.24, 2.45) is 0 Å². The molecule has 0 radical (unpaired) electrons. The number of carbonyl (C=O) groups excluding carboxylic acids is 2. The lowest BCUT2D eigenvalue weighted by atomic mass is 10.1. The molecule has 19 heteroatoms. The molecule has 3 rings (SSSR count). The molecule has 1 saturated heterocycles. The van der Waals surface area contributed by atoms with Crippen LogP contribution in [0.1, 0.15) is 17.8 Å². The Morgan fingerprint density at radius 2 is 1.70 bits per heavy atom. The number of nitrogens with two attached hydrogens (primary N) is 1. The Bertz CT molecular complexity index is 1110. The number of rotatable bonds is 7. The van der Waals surface area contributed by atoms with E-state index < -0.39 is 30.3 Å². The number of amides is 2. The van der Waals surface area contributed by atoms with E-state index in [1.54, 1.807) is 6.20 Å². The van der Waals surface area contributed by atoms with Gasteiger partial charge < -0.3 is 26.6 Å². The zero-order chi connectivity index (χ0) is 30.5. The van der Waals surface area contributed by atoms with Crippen LogP contribution in [0.2, 0.25) is 0 Å². The van der Waals surface area contributed by atoms with Crippen LogP contribution < -0.4 is 16.4 Å². The predicted octanol–water partition coefficient (Wildman–Crippen LogP) is 1.44. The molecule has 3 heterocycles. The van der Waals surface area contributed by atoms with Gasteiger partial charge in [-0.05, 0) is 12.1 Å². The van der Waals surface area contributed by atoms with Gasteiger partial charge in [-0.2, -0.15) is 26.3 Å². The number of nitrogens with one attached hydrogen (secondary N) is 2. The largest absolute Gasteiger partial charge is 0.490 e. The predicted molar refractivity (Wildman–Crippen MR) is 127 cm³/mol. The lowest BCUT2D eigenvalue weighted by Gasteiger charge is -2.34. The number of thiazole rings is 1. The molecule has 2 amide bonds. The van der Waals surface area contributed by atoms with Crippen LogP contribution in [0.4, 0.5) is 31.5 Å². The fourth-order valence-electron chi connectivity index (χ4n) is 2.89. The fraction of sp³-hybridized carbons (Fsp3) is 0.429. The Balaban J connectivity index is 0.000000473. The number of aromatic nitrogens is 2. The van der Waals surface area contributed by atoms with Gasteiger partial charge in [0, 0.05) is 44.2 Å². The number of hydrogen-bond acceptors (Lipinski definition) is 9. The molecule has 0 spiro atoms. The summed E-state index contributed by atoms with van der Waals surface area (Å²) in [5.41, 5.74) is 7.34. The maximum Gasteiger partial charge on any atom is 0.490 e. The monoisotopic (exact) mass is 602 g/mol. The van der Waals surface area contributed by atoms with Crippen molar-refractivity contribution < 1.29 is 55.7 Å². The third kappa shape index (κ3) is 13.2. The molecule has 2 aromatic rings. The SMILES string of the molecule is Nc1nc(CCNC(=O)CC2C(=O)NCCN2Cc2ccccn2)cs1.O=C(O)C(F)(F)F.O=C(O)C(F)(F)F. The molecule has 0 aromatic carbocycles. The number of alkyl halides is 6. The summed E-state index contributed by atoms with van der Waals surface area (Å²) in [6.07, 6.45) is -7.70. The van der Waals surface area contributed by atoms with E-state index in [2.05, 4.69) is 20.6 Å². The number of nitrogen functional groups attached to an aromatic ring is 1. The maximum absolute atomic E-state index is 12.3. The van der Waals surface area contributed by atoms with Gasteiger partial charge in [0.2, 0.25) is 11.8 Å². The van der Waals surface area contributed by atoms with Gasteiger partial charge in [0.1, 0.15) is 0 Å². The van der Waals surface area contributed by atoms with E-state index in [-0.39, 0.29) is 18.2 Å². The van der Waals surface area contributed by atoms with E-state index in [1.807, 2.05) is 28.5 Å². The molecule has 0 aliphatic carbocycles. The highest BCUT2D eigenvalue weighted by Crippen LogP contribution is 2.15. The van der Waals surface area contributed by atoms with Crippen molar-refractivity contribution in [3.05, 3.63) is 41.2 Å². The number of halogens is 6. The molecule has 1 aliphatic heterocycles. The minimum atomic E-state index is -5.08. The van der Waals surface area contributed by atoms with Crippen molar-refractivity contribution in [1.29, 1.82) is 0 Å². The molecule has 6 N–H and O–H groups in total. The van der Waals surface area contributed by atoms with Crippen LogP contribution in [0.25, 0.3) is 0 Å². The number of carboxylic acids is 2. The van der Waals surface area contributed by atoms with Crippen molar-refractivity contribution in [3.63, 3.8) is 0 Å². The number of carbonyl (C=O) groups is 4. The average molecular weight is 603 g/mol. The summed E-state index contributed by atoms with van der Waals surface area (Å²) in [7, 11) is 0. The van der Waals surface area contributed by atoms with Gasteiger partial charge >= 0.3 is 24.3 Å². The molecule has 0 saturated carbocycles. The molecule has 1 unspecified atom stereocenters. The molecule has 0 bridgehead atoms. The quantitative estimate of drug-likeness (QED) is 0.290. The lowest BCUT2D eigenvalue weighted by Crippen LogP contribution is -2.56. The molecule has 1 atom stereocenters. The van der Waals surface area contributed by atoms with Gasteiger partial charge in [-0.15, -0.1) is 11.3 Å². The number of hydrogen-bond donors (Lipinski definition) is 5. The second-order valence-corrected chi connectivity index (χ2v) is 8.58. The summed E-state index contributed by atoms with van der Waals surface area (Å²) in [5.74, 6) is -5.78. The highest BCUT2D eigenvalue weighted by atomic mass is 32.1. The van der Waals surface area contributed by atoms with Gasteiger partial charge in [-0.25, -0.2) is 14.6 Å². The Kier molecular flexibility index (Phi) is 13.2. The topological polar surface area (TPSA) is 188 Å². The van der Waals surface area contributed by atoms with Crippen molar-refractivity contribution in [2.75, 3.05) is 25.4 Å². The first-order valence-electron chi connectivity index (χ1n) is 11.0. The van der Waals surface area contributed by atoms with Gasteiger partial charge in [0.05, 0.1) is 23.9 Å². The van der Waals surface area contributed by atoms with Crippen molar-refractivity contribution in [1.82, 2.24) is 25.5 Å². The Labute approximate surface area is 226 Å². The van der Waals surface area contributed by atoms with Gasteiger partial charge in [-0.3, -0.25) is 19.5 Å². The molecule has 1 aliphatic rings. The minimum absolute atomic E-state index is 0.116. The van der Waals surface area contributed by atoms with E-state index in [1.165, 1.54) is 11.3 Å². The van der Waals surface area contributed by atoms with E-state index in [9.17, 15) is 35.9 Å². The van der Waals surface area contributed by atoms with Crippen LogP contribution >= 0.6 is 11.3 Å². The molecule has 2 aromatic heterocycles. The summed E-state index contributed by atoms with van der Waals surface area (Å²) in [6, 6.07) is 5.20. The first-order valence-corrected chi connectivity index (χ1v) is 11.9. The van der Waals surface area contributed by atoms with E-state index >= 15 is 0 Å². The lowest BCUT2D eigenvalue weighted by molar-refractivity contribution is -0.193. The zero-order valence-electron chi connectivity index (χ0n) is 20.3. The van der Waals surface area contributed by atoms with Gasteiger partial charge in [0.15, 0.2) is 5.13 Å². The molecule has 12 nitrogen and oxygen atoms in total. The van der Waals surface area contributed by atoms with Crippen LogP contribution in [0, 0.1) is 0 Å². The zero-order valence-corrected chi connectivity index (χ0v) is 21.1. The number of piperazine rings is 1. The van der Waals surface area contributed by atoms with E-state index in [0.29, 0.717) is 37.7 Å². The van der Waals surface area contributed by atoms with Crippen LogP contribution in [0.15, 0.2) is 29.8 Å². The van der Waals surface area contributed by atoms with Crippen LogP contribution in [-0.4, -0.2) is 86.9 Å². The summed E-state index contributed by atoms with van der Waals surface area (Å²) in [4.78, 5) is 52.8. The smallest absolute Gasteiger partial charge is 0.475 e. The summed E-state index contributed by atoms with van der Waals surface area (Å²) < 4.78 is 63.5. The summed E-state index contributed by atoms with van der Waals surface area (Å²) in [5, 5.41) is 22.3. The van der Waals surface area contributed by atoms with E-state index in [0.717, 1.165) is 11.4 Å². The van der Waals surface area contributed by atoms with Crippen LogP contribution in [0.3, 0.4) is 0 Å². The standard InChI is InChI=1S/C17H22N6O2S.2C2HF3O2/c18-17-22-13(11-26-17)4-6-20-15(24)9-14-16(25)21-7-8-23(14)10-12-3-1-2-5-19-12;2*3-2(4,5)1(6)7/h1-3,5,11,14H,4,6-10H2,(H2,18,22)(H,20,24)(H,21,25);2*(H,6,7). The number of anilines is 1. The molecular formula is C21H24F6N6O6S. The van der Waals surface area contributed by atoms with Crippen LogP contribution in [-0.2, 0) is 32.1 Å². The average Bonchev–Trinajstić information content (AvgIpc) is 3.26. The summed E-state index contributed by atoms with van der Waals surface area (Å²) in [6.45, 7) is 2.29. The Morgan fingerprint density at radius 1 is 1.10 bits per heavy atom. The van der Waals surface area contributed by atoms with Crippen molar-refractivity contribution >= 4 is 40.2 Å². The Hall–Kier alpha value is -4.00.